The van der Waals surface area contributed by atoms with Gasteiger partial charge in [0.25, 0.3) is 0 Å². The zero-order valence-corrected chi connectivity index (χ0v) is 12.6. The van der Waals surface area contributed by atoms with Crippen molar-refractivity contribution in [1.82, 2.24) is 10.2 Å². The SMILES string of the molecule is Cc1cc(-c2[nH]nc(N)c2CC(C)C)sc1Br. The first-order valence-electron chi connectivity index (χ1n) is 5.58. The van der Waals surface area contributed by atoms with Crippen LogP contribution in [0.5, 0.6) is 0 Å². The van der Waals surface area contributed by atoms with Crippen molar-refractivity contribution in [1.29, 1.82) is 0 Å². The minimum atomic E-state index is 0.568. The van der Waals surface area contributed by atoms with E-state index in [0.29, 0.717) is 11.7 Å². The molecule has 0 aliphatic rings. The number of aryl methyl sites for hydroxylation is 1. The summed E-state index contributed by atoms with van der Waals surface area (Å²) in [6, 6.07) is 2.16. The van der Waals surface area contributed by atoms with Crippen LogP contribution < -0.4 is 5.73 Å². The van der Waals surface area contributed by atoms with Gasteiger partial charge < -0.3 is 5.73 Å². The van der Waals surface area contributed by atoms with Gasteiger partial charge >= 0.3 is 0 Å². The number of nitrogens with zero attached hydrogens (tertiary/aromatic N) is 1. The summed E-state index contributed by atoms with van der Waals surface area (Å²) >= 11 is 5.26. The number of nitrogen functional groups attached to an aromatic ring is 1. The highest BCUT2D eigenvalue weighted by molar-refractivity contribution is 9.11. The smallest absolute Gasteiger partial charge is 0.149 e. The van der Waals surface area contributed by atoms with E-state index in [1.165, 1.54) is 10.4 Å². The lowest BCUT2D eigenvalue weighted by Gasteiger charge is -2.05. The average molecular weight is 314 g/mol. The molecule has 0 bridgehead atoms. The second-order valence-electron chi connectivity index (χ2n) is 4.63. The third-order valence-electron chi connectivity index (χ3n) is 2.62. The Morgan fingerprint density at radius 2 is 2.24 bits per heavy atom. The molecule has 3 nitrogen and oxygen atoms in total. The standard InChI is InChI=1S/C12H16BrN3S/c1-6(2)4-8-10(15-16-12(8)14)9-5-7(3)11(13)17-9/h5-6H,4H2,1-3H3,(H3,14,15,16). The second kappa shape index (κ2) is 4.82. The Morgan fingerprint density at radius 3 is 2.76 bits per heavy atom. The molecule has 3 N–H and O–H groups in total. The molecule has 0 spiro atoms. The van der Waals surface area contributed by atoms with Crippen molar-refractivity contribution in [2.24, 2.45) is 5.92 Å². The van der Waals surface area contributed by atoms with Gasteiger partial charge in [-0.1, -0.05) is 13.8 Å². The fourth-order valence-electron chi connectivity index (χ4n) is 1.78. The Morgan fingerprint density at radius 1 is 1.53 bits per heavy atom. The number of H-pyrrole nitrogens is 1. The van der Waals surface area contributed by atoms with E-state index in [9.17, 15) is 0 Å². The van der Waals surface area contributed by atoms with Gasteiger partial charge in [-0.3, -0.25) is 5.10 Å². The zero-order valence-electron chi connectivity index (χ0n) is 10.2. The van der Waals surface area contributed by atoms with E-state index in [1.54, 1.807) is 11.3 Å². The highest BCUT2D eigenvalue weighted by Gasteiger charge is 2.16. The molecule has 2 heterocycles. The monoisotopic (exact) mass is 313 g/mol. The molecule has 2 aromatic rings. The Bertz CT molecular complexity index is 508. The number of hydrogen-bond acceptors (Lipinski definition) is 3. The number of hydrogen-bond donors (Lipinski definition) is 2. The molecule has 5 heteroatoms. The predicted octanol–water partition coefficient (Wildman–Crippen LogP) is 3.99. The number of thiophene rings is 1. The van der Waals surface area contributed by atoms with Crippen LogP contribution in [0.2, 0.25) is 0 Å². The summed E-state index contributed by atoms with van der Waals surface area (Å²) in [4.78, 5) is 1.19. The summed E-state index contributed by atoms with van der Waals surface area (Å²) in [5.41, 5.74) is 9.36. The van der Waals surface area contributed by atoms with Gasteiger partial charge in [-0.05, 0) is 46.8 Å². The molecule has 0 aromatic carbocycles. The Kier molecular flexibility index (Phi) is 3.58. The Balaban J connectivity index is 2.45. The molecule has 0 aliphatic heterocycles. The van der Waals surface area contributed by atoms with Crippen LogP contribution in [-0.2, 0) is 6.42 Å². The number of nitrogens with two attached hydrogens (primary N) is 1. The van der Waals surface area contributed by atoms with Crippen LogP contribution in [0, 0.1) is 12.8 Å². The van der Waals surface area contributed by atoms with Crippen LogP contribution in [0.1, 0.15) is 25.0 Å². The van der Waals surface area contributed by atoms with Crippen LogP contribution in [0.15, 0.2) is 9.85 Å². The van der Waals surface area contributed by atoms with Gasteiger partial charge in [-0.2, -0.15) is 5.10 Å². The van der Waals surface area contributed by atoms with Gasteiger partial charge in [-0.25, -0.2) is 0 Å². The first kappa shape index (κ1) is 12.6. The first-order chi connectivity index (χ1) is 7.99. The van der Waals surface area contributed by atoms with Crippen molar-refractivity contribution in [3.63, 3.8) is 0 Å². The predicted molar refractivity (Wildman–Crippen MR) is 77.3 cm³/mol. The van der Waals surface area contributed by atoms with Crippen molar-refractivity contribution in [3.05, 3.63) is 21.0 Å². The van der Waals surface area contributed by atoms with E-state index in [0.717, 1.165) is 21.5 Å². The summed E-state index contributed by atoms with van der Waals surface area (Å²) in [5, 5.41) is 7.18. The van der Waals surface area contributed by atoms with Crippen LogP contribution >= 0.6 is 27.3 Å². The maximum atomic E-state index is 5.92. The third kappa shape index (κ3) is 2.55. The minimum absolute atomic E-state index is 0.568. The maximum Gasteiger partial charge on any atom is 0.149 e. The Hall–Kier alpha value is -0.810. The lowest BCUT2D eigenvalue weighted by Crippen LogP contribution is -1.98. The van der Waals surface area contributed by atoms with Gasteiger partial charge in [0.15, 0.2) is 0 Å². The number of anilines is 1. The van der Waals surface area contributed by atoms with Gasteiger partial charge in [0.1, 0.15) is 5.82 Å². The van der Waals surface area contributed by atoms with Gasteiger partial charge in [0.2, 0.25) is 0 Å². The van der Waals surface area contributed by atoms with Crippen molar-refractivity contribution >= 4 is 33.1 Å². The fraction of sp³-hybridized carbons (Fsp3) is 0.417. The van der Waals surface area contributed by atoms with Gasteiger partial charge in [0, 0.05) is 5.56 Å². The lowest BCUT2D eigenvalue weighted by molar-refractivity contribution is 0.649. The van der Waals surface area contributed by atoms with Crippen molar-refractivity contribution in [2.45, 2.75) is 27.2 Å². The van der Waals surface area contributed by atoms with Crippen LogP contribution in [-0.4, -0.2) is 10.2 Å². The zero-order chi connectivity index (χ0) is 12.6. The third-order valence-corrected chi connectivity index (χ3v) is 4.77. The summed E-state index contributed by atoms with van der Waals surface area (Å²) in [7, 11) is 0. The maximum absolute atomic E-state index is 5.92. The lowest BCUT2D eigenvalue weighted by atomic mass is 10.0. The number of halogens is 1. The summed E-state index contributed by atoms with van der Waals surface area (Å²) in [5.74, 6) is 1.19. The van der Waals surface area contributed by atoms with Gasteiger partial charge in [-0.15, -0.1) is 11.3 Å². The van der Waals surface area contributed by atoms with E-state index in [2.05, 4.69) is 53.0 Å². The molecule has 0 unspecified atom stereocenters. The van der Waals surface area contributed by atoms with E-state index in [4.69, 9.17) is 5.73 Å². The molecule has 2 rings (SSSR count). The summed E-state index contributed by atoms with van der Waals surface area (Å²) < 4.78 is 1.16. The van der Waals surface area contributed by atoms with E-state index >= 15 is 0 Å². The minimum Gasteiger partial charge on any atom is -0.382 e. The molecule has 0 fully saturated rings. The Labute approximate surface area is 114 Å². The molecular formula is C12H16BrN3S. The number of aromatic amines is 1. The molecule has 0 saturated carbocycles. The molecule has 92 valence electrons. The highest BCUT2D eigenvalue weighted by atomic mass is 79.9. The largest absolute Gasteiger partial charge is 0.382 e. The number of rotatable bonds is 3. The average Bonchev–Trinajstić information content (AvgIpc) is 2.73. The molecule has 0 aliphatic carbocycles. The van der Waals surface area contributed by atoms with E-state index in [1.807, 2.05) is 0 Å². The van der Waals surface area contributed by atoms with Crippen LogP contribution in [0.25, 0.3) is 10.6 Å². The molecule has 17 heavy (non-hydrogen) atoms. The molecule has 0 amide bonds. The van der Waals surface area contributed by atoms with Crippen molar-refractivity contribution < 1.29 is 0 Å². The van der Waals surface area contributed by atoms with Crippen molar-refractivity contribution in [3.8, 4) is 10.6 Å². The van der Waals surface area contributed by atoms with E-state index < -0.39 is 0 Å². The molecule has 2 aromatic heterocycles. The second-order valence-corrected chi connectivity index (χ2v) is 7.00. The van der Waals surface area contributed by atoms with Crippen molar-refractivity contribution in [2.75, 3.05) is 5.73 Å². The highest BCUT2D eigenvalue weighted by Crippen LogP contribution is 2.37. The molecule has 0 saturated heterocycles. The summed E-state index contributed by atoms with van der Waals surface area (Å²) in [6.07, 6.45) is 0.951. The molecule has 0 atom stereocenters. The van der Waals surface area contributed by atoms with Crippen LogP contribution in [0.3, 0.4) is 0 Å². The van der Waals surface area contributed by atoms with Gasteiger partial charge in [0.05, 0.1) is 14.4 Å². The normalized spacial score (nSPS) is 11.4. The topological polar surface area (TPSA) is 54.7 Å². The molecule has 0 radical (unpaired) electrons. The number of aromatic nitrogens is 2. The summed E-state index contributed by atoms with van der Waals surface area (Å²) in [6.45, 7) is 6.46. The quantitative estimate of drug-likeness (QED) is 0.900. The fourth-order valence-corrected chi connectivity index (χ4v) is 3.34. The van der Waals surface area contributed by atoms with Crippen LogP contribution in [0.4, 0.5) is 5.82 Å². The number of nitrogens with one attached hydrogen (secondary N) is 1. The molecular weight excluding hydrogens is 298 g/mol. The van der Waals surface area contributed by atoms with E-state index in [-0.39, 0.29) is 0 Å². The first-order valence-corrected chi connectivity index (χ1v) is 7.19.